The van der Waals surface area contributed by atoms with Crippen molar-refractivity contribution >= 4 is 11.6 Å². The number of rotatable bonds is 2. The zero-order valence-electron chi connectivity index (χ0n) is 14.1. The number of amides is 1. The molecule has 128 valence electrons. The van der Waals surface area contributed by atoms with Gasteiger partial charge in [0.05, 0.1) is 29.1 Å². The summed E-state index contributed by atoms with van der Waals surface area (Å²) in [5, 5.41) is 16.4. The lowest BCUT2D eigenvalue weighted by atomic mass is 9.87. The van der Waals surface area contributed by atoms with Gasteiger partial charge in [0.2, 0.25) is 5.91 Å². The van der Waals surface area contributed by atoms with Crippen LogP contribution in [-0.4, -0.2) is 47.2 Å². The zero-order valence-corrected chi connectivity index (χ0v) is 14.1. The summed E-state index contributed by atoms with van der Waals surface area (Å²) >= 11 is 0. The largest absolute Gasteiger partial charge is 0.367 e. The molecule has 6 heteroatoms. The van der Waals surface area contributed by atoms with Gasteiger partial charge in [-0.2, -0.15) is 10.4 Å². The van der Waals surface area contributed by atoms with E-state index in [1.165, 1.54) is 5.56 Å². The van der Waals surface area contributed by atoms with Crippen LogP contribution in [0.3, 0.4) is 0 Å². The second kappa shape index (κ2) is 6.60. The average molecular weight is 335 g/mol. The van der Waals surface area contributed by atoms with Gasteiger partial charge in [-0.25, -0.2) is 0 Å². The van der Waals surface area contributed by atoms with Crippen molar-refractivity contribution in [2.75, 3.05) is 31.1 Å². The molecule has 2 aromatic rings. The molecule has 1 unspecified atom stereocenters. The van der Waals surface area contributed by atoms with Gasteiger partial charge in [-0.3, -0.25) is 9.89 Å². The van der Waals surface area contributed by atoms with Crippen LogP contribution in [0.25, 0.3) is 0 Å². The van der Waals surface area contributed by atoms with Crippen molar-refractivity contribution in [1.82, 2.24) is 15.1 Å². The molecule has 1 aromatic carbocycles. The topological polar surface area (TPSA) is 76.0 Å². The number of anilines is 1. The summed E-state index contributed by atoms with van der Waals surface area (Å²) < 4.78 is 0. The van der Waals surface area contributed by atoms with Crippen molar-refractivity contribution in [2.24, 2.45) is 0 Å². The highest BCUT2D eigenvalue weighted by atomic mass is 16.2. The van der Waals surface area contributed by atoms with Crippen LogP contribution in [0.5, 0.6) is 0 Å². The highest BCUT2D eigenvalue weighted by Crippen LogP contribution is 2.32. The van der Waals surface area contributed by atoms with Gasteiger partial charge < -0.3 is 9.80 Å². The van der Waals surface area contributed by atoms with Crippen molar-refractivity contribution < 1.29 is 4.79 Å². The van der Waals surface area contributed by atoms with E-state index in [0.717, 1.165) is 43.7 Å². The molecule has 1 aromatic heterocycles. The Morgan fingerprint density at radius 2 is 2.04 bits per heavy atom. The second-order valence-corrected chi connectivity index (χ2v) is 6.70. The molecule has 0 radical (unpaired) electrons. The predicted octanol–water partition coefficient (Wildman–Crippen LogP) is 2.05. The van der Waals surface area contributed by atoms with Crippen molar-refractivity contribution in [3.8, 4) is 6.07 Å². The van der Waals surface area contributed by atoms with Crippen molar-refractivity contribution in [2.45, 2.75) is 25.2 Å². The van der Waals surface area contributed by atoms with Crippen LogP contribution >= 0.6 is 0 Å². The highest BCUT2D eigenvalue weighted by Gasteiger charge is 2.33. The minimum atomic E-state index is -0.0794. The molecule has 6 nitrogen and oxygen atoms in total. The quantitative estimate of drug-likeness (QED) is 0.911. The van der Waals surface area contributed by atoms with Crippen LogP contribution < -0.4 is 4.90 Å². The molecule has 1 amide bonds. The summed E-state index contributed by atoms with van der Waals surface area (Å²) in [5.41, 5.74) is 3.85. The van der Waals surface area contributed by atoms with Crippen LogP contribution in [0.4, 0.5) is 5.69 Å². The van der Waals surface area contributed by atoms with Crippen LogP contribution in [0.15, 0.2) is 30.5 Å². The van der Waals surface area contributed by atoms with Gasteiger partial charge >= 0.3 is 0 Å². The second-order valence-electron chi connectivity index (χ2n) is 6.70. The molecule has 2 aliphatic rings. The van der Waals surface area contributed by atoms with E-state index >= 15 is 0 Å². The fraction of sp³-hybridized carbons (Fsp3) is 0.421. The molecular weight excluding hydrogens is 314 g/mol. The normalized spacial score (nSPS) is 20.0. The number of aryl methyl sites for hydroxylation is 1. The van der Waals surface area contributed by atoms with Gasteiger partial charge in [0.15, 0.2) is 0 Å². The lowest BCUT2D eigenvalue weighted by Crippen LogP contribution is -2.50. The predicted molar refractivity (Wildman–Crippen MR) is 94.2 cm³/mol. The zero-order chi connectivity index (χ0) is 17.2. The minimum absolute atomic E-state index is 0.0794. The number of benzene rings is 1. The molecule has 25 heavy (non-hydrogen) atoms. The molecule has 1 saturated heterocycles. The first-order valence-electron chi connectivity index (χ1n) is 8.83. The lowest BCUT2D eigenvalue weighted by molar-refractivity contribution is -0.133. The number of nitrogens with one attached hydrogen (secondary N) is 1. The summed E-state index contributed by atoms with van der Waals surface area (Å²) in [6.07, 6.45) is 4.80. The number of aromatic amines is 1. The number of hydrogen-bond acceptors (Lipinski definition) is 4. The number of carbonyl (C=O) groups excluding carboxylic acids is 1. The average Bonchev–Trinajstić information content (AvgIpc) is 3.16. The van der Waals surface area contributed by atoms with E-state index in [4.69, 9.17) is 0 Å². The SMILES string of the molecule is N#Cc1ccccc1N1CCN(C(=O)C2CCCc3cn[nH]c32)CC1. The maximum absolute atomic E-state index is 13.0. The minimum Gasteiger partial charge on any atom is -0.367 e. The summed E-state index contributed by atoms with van der Waals surface area (Å²) in [5.74, 6) is 0.127. The molecule has 1 N–H and O–H groups in total. The number of carbonyl (C=O) groups is 1. The molecule has 1 aliphatic carbocycles. The molecular formula is C19H21N5O. The number of nitriles is 1. The number of para-hydroxylation sites is 1. The third-order valence-electron chi connectivity index (χ3n) is 5.29. The van der Waals surface area contributed by atoms with Gasteiger partial charge in [-0.05, 0) is 37.0 Å². The van der Waals surface area contributed by atoms with E-state index in [2.05, 4.69) is 21.2 Å². The van der Waals surface area contributed by atoms with Crippen LogP contribution in [-0.2, 0) is 11.2 Å². The smallest absolute Gasteiger partial charge is 0.231 e. The third-order valence-corrected chi connectivity index (χ3v) is 5.29. The van der Waals surface area contributed by atoms with E-state index in [1.54, 1.807) is 0 Å². The number of H-pyrrole nitrogens is 1. The molecule has 2 heterocycles. The Morgan fingerprint density at radius 1 is 1.24 bits per heavy atom. The molecule has 0 spiro atoms. The summed E-state index contributed by atoms with van der Waals surface area (Å²) in [7, 11) is 0. The van der Waals surface area contributed by atoms with E-state index in [9.17, 15) is 10.1 Å². The number of hydrogen-bond donors (Lipinski definition) is 1. The van der Waals surface area contributed by atoms with Crippen LogP contribution in [0.2, 0.25) is 0 Å². The van der Waals surface area contributed by atoms with Crippen molar-refractivity contribution in [3.05, 3.63) is 47.3 Å². The van der Waals surface area contributed by atoms with Gasteiger partial charge in [-0.15, -0.1) is 0 Å². The van der Waals surface area contributed by atoms with Crippen molar-refractivity contribution in [1.29, 1.82) is 5.26 Å². The van der Waals surface area contributed by atoms with Gasteiger partial charge in [0.1, 0.15) is 6.07 Å². The first-order chi connectivity index (χ1) is 12.3. The van der Waals surface area contributed by atoms with E-state index in [0.29, 0.717) is 18.7 Å². The van der Waals surface area contributed by atoms with Crippen LogP contribution in [0, 0.1) is 11.3 Å². The maximum atomic E-state index is 13.0. The summed E-state index contributed by atoms with van der Waals surface area (Å²) in [6, 6.07) is 9.91. The maximum Gasteiger partial charge on any atom is 0.231 e. The van der Waals surface area contributed by atoms with Crippen molar-refractivity contribution in [3.63, 3.8) is 0 Å². The molecule has 0 bridgehead atoms. The standard InChI is InChI=1S/C19H21N5O/c20-12-14-4-1-2-7-17(14)23-8-10-24(11-9-23)19(25)16-6-3-5-15-13-21-22-18(15)16/h1-2,4,7,13,16H,3,5-6,8-11H2,(H,21,22). The van der Waals surface area contributed by atoms with E-state index in [1.807, 2.05) is 35.4 Å². The van der Waals surface area contributed by atoms with Crippen LogP contribution in [0.1, 0.15) is 35.6 Å². The molecule has 1 atom stereocenters. The Labute approximate surface area is 147 Å². The fourth-order valence-electron chi connectivity index (χ4n) is 3.94. The fourth-order valence-corrected chi connectivity index (χ4v) is 3.94. The van der Waals surface area contributed by atoms with Gasteiger partial charge in [0, 0.05) is 26.2 Å². The number of aromatic nitrogens is 2. The first-order valence-corrected chi connectivity index (χ1v) is 8.83. The lowest BCUT2D eigenvalue weighted by Gasteiger charge is -2.38. The molecule has 1 aliphatic heterocycles. The van der Waals surface area contributed by atoms with Gasteiger partial charge in [-0.1, -0.05) is 12.1 Å². The monoisotopic (exact) mass is 335 g/mol. The Balaban J connectivity index is 1.44. The Hall–Kier alpha value is -2.81. The third kappa shape index (κ3) is 2.86. The number of nitrogens with zero attached hydrogens (tertiary/aromatic N) is 4. The summed E-state index contributed by atoms with van der Waals surface area (Å²) in [6.45, 7) is 2.90. The van der Waals surface area contributed by atoms with E-state index in [-0.39, 0.29) is 11.8 Å². The van der Waals surface area contributed by atoms with Gasteiger partial charge in [0.25, 0.3) is 0 Å². The Morgan fingerprint density at radius 3 is 2.84 bits per heavy atom. The Kier molecular flexibility index (Phi) is 4.14. The Bertz CT molecular complexity index is 813. The first kappa shape index (κ1) is 15.7. The summed E-state index contributed by atoms with van der Waals surface area (Å²) in [4.78, 5) is 17.2. The molecule has 1 fully saturated rings. The number of piperazine rings is 1. The molecule has 0 saturated carbocycles. The van der Waals surface area contributed by atoms with E-state index < -0.39 is 0 Å². The number of fused-ring (bicyclic) bond motifs is 1. The molecule has 4 rings (SSSR count). The highest BCUT2D eigenvalue weighted by molar-refractivity contribution is 5.84.